The van der Waals surface area contributed by atoms with Crippen molar-refractivity contribution in [2.24, 2.45) is 0 Å². The van der Waals surface area contributed by atoms with Gasteiger partial charge in [0, 0.05) is 24.6 Å². The lowest BCUT2D eigenvalue weighted by Gasteiger charge is -2.14. The second-order valence-electron chi connectivity index (χ2n) is 8.01. The van der Waals surface area contributed by atoms with Crippen LogP contribution in [0.15, 0.2) is 24.5 Å². The topological polar surface area (TPSA) is 88.0 Å². The Bertz CT molecular complexity index is 792. The number of nitrogens with one attached hydrogen (secondary N) is 1. The molecule has 6 heteroatoms. The number of carboxylic acids is 1. The van der Waals surface area contributed by atoms with E-state index in [0.717, 1.165) is 62.9 Å². The number of aliphatic carboxylic acids is 1. The van der Waals surface area contributed by atoms with Gasteiger partial charge in [-0.25, -0.2) is 15.0 Å². The lowest BCUT2D eigenvalue weighted by molar-refractivity contribution is -0.137. The van der Waals surface area contributed by atoms with Crippen molar-refractivity contribution in [3.05, 3.63) is 47.2 Å². The maximum Gasteiger partial charge on any atom is 0.303 e. The number of carboxylic acid groups (broad SMARTS) is 1. The summed E-state index contributed by atoms with van der Waals surface area (Å²) >= 11 is 0. The van der Waals surface area contributed by atoms with Crippen LogP contribution in [0.2, 0.25) is 0 Å². The zero-order valence-electron chi connectivity index (χ0n) is 17.4. The van der Waals surface area contributed by atoms with Crippen LogP contribution in [-0.4, -0.2) is 32.6 Å². The highest BCUT2D eigenvalue weighted by molar-refractivity contribution is 5.68. The number of hydrogen-bond donors (Lipinski definition) is 2. The van der Waals surface area contributed by atoms with Crippen molar-refractivity contribution in [1.82, 2.24) is 15.0 Å². The molecule has 3 heterocycles. The van der Waals surface area contributed by atoms with Crippen molar-refractivity contribution in [2.45, 2.75) is 77.0 Å². The van der Waals surface area contributed by atoms with E-state index >= 15 is 0 Å². The van der Waals surface area contributed by atoms with Crippen LogP contribution in [0.1, 0.15) is 79.9 Å². The summed E-state index contributed by atoms with van der Waals surface area (Å²) in [5.74, 6) is 1.02. The molecular formula is C23H32N4O2. The molecule has 0 fully saturated rings. The highest BCUT2D eigenvalue weighted by Gasteiger charge is 2.16. The molecule has 0 radical (unpaired) electrons. The molecular weight excluding hydrogens is 364 g/mol. The fraction of sp³-hybridized carbons (Fsp3) is 0.565. The van der Waals surface area contributed by atoms with Crippen molar-refractivity contribution in [2.75, 3.05) is 11.9 Å². The van der Waals surface area contributed by atoms with Gasteiger partial charge < -0.3 is 10.4 Å². The van der Waals surface area contributed by atoms with Gasteiger partial charge in [0.2, 0.25) is 0 Å². The van der Waals surface area contributed by atoms with E-state index in [2.05, 4.69) is 27.4 Å². The maximum atomic E-state index is 11.2. The van der Waals surface area contributed by atoms with E-state index < -0.39 is 5.97 Å². The lowest BCUT2D eigenvalue weighted by Crippen LogP contribution is -2.08. The van der Waals surface area contributed by atoms with Gasteiger partial charge in [0.05, 0.1) is 6.42 Å². The molecule has 2 aromatic rings. The predicted molar refractivity (Wildman–Crippen MR) is 114 cm³/mol. The van der Waals surface area contributed by atoms with E-state index in [1.807, 2.05) is 6.92 Å². The fourth-order valence-corrected chi connectivity index (χ4v) is 3.93. The van der Waals surface area contributed by atoms with E-state index in [4.69, 9.17) is 4.98 Å². The number of aromatic nitrogens is 3. The second-order valence-corrected chi connectivity index (χ2v) is 8.01. The number of nitrogens with zero attached hydrogens (tertiary/aromatic N) is 3. The highest BCUT2D eigenvalue weighted by atomic mass is 16.4. The summed E-state index contributed by atoms with van der Waals surface area (Å²) in [5, 5.41) is 12.7. The smallest absolute Gasteiger partial charge is 0.303 e. The Balaban J connectivity index is 1.40. The first-order chi connectivity index (χ1) is 14.1. The zero-order chi connectivity index (χ0) is 20.5. The number of aryl methyl sites for hydroxylation is 3. The van der Waals surface area contributed by atoms with E-state index in [1.165, 1.54) is 24.1 Å². The summed E-state index contributed by atoms with van der Waals surface area (Å²) in [5.41, 5.74) is 3.44. The summed E-state index contributed by atoms with van der Waals surface area (Å²) in [7, 11) is 0. The number of carbonyl (C=O) groups is 1. The minimum absolute atomic E-state index is 0.00887. The molecule has 1 atom stereocenters. The molecule has 1 unspecified atom stereocenters. The van der Waals surface area contributed by atoms with Crippen molar-refractivity contribution in [1.29, 1.82) is 0 Å². The van der Waals surface area contributed by atoms with Gasteiger partial charge in [0.15, 0.2) is 0 Å². The third-order valence-electron chi connectivity index (χ3n) is 5.63. The predicted octanol–water partition coefficient (Wildman–Crippen LogP) is 4.68. The minimum atomic E-state index is -0.765. The van der Waals surface area contributed by atoms with E-state index in [1.54, 1.807) is 12.4 Å². The lowest BCUT2D eigenvalue weighted by atomic mass is 9.92. The molecule has 0 bridgehead atoms. The Kier molecular flexibility index (Phi) is 7.96. The summed E-state index contributed by atoms with van der Waals surface area (Å²) < 4.78 is 0. The Labute approximate surface area is 173 Å². The molecule has 0 aliphatic carbocycles. The largest absolute Gasteiger partial charge is 0.481 e. The van der Waals surface area contributed by atoms with Crippen molar-refractivity contribution in [3.8, 4) is 0 Å². The van der Waals surface area contributed by atoms with E-state index in [-0.39, 0.29) is 12.3 Å². The van der Waals surface area contributed by atoms with Gasteiger partial charge in [0.1, 0.15) is 11.6 Å². The fourth-order valence-electron chi connectivity index (χ4n) is 3.93. The molecule has 6 nitrogen and oxygen atoms in total. The van der Waals surface area contributed by atoms with Crippen LogP contribution in [0.5, 0.6) is 0 Å². The molecule has 0 saturated heterocycles. The summed E-state index contributed by atoms with van der Waals surface area (Å²) in [6, 6.07) is 4.41. The zero-order valence-corrected chi connectivity index (χ0v) is 17.4. The third-order valence-corrected chi connectivity index (χ3v) is 5.63. The molecule has 2 aromatic heterocycles. The molecule has 1 aliphatic heterocycles. The molecule has 29 heavy (non-hydrogen) atoms. The van der Waals surface area contributed by atoms with Crippen LogP contribution in [-0.2, 0) is 17.6 Å². The molecule has 0 amide bonds. The van der Waals surface area contributed by atoms with Crippen molar-refractivity contribution < 1.29 is 9.90 Å². The van der Waals surface area contributed by atoms with Crippen LogP contribution in [0.4, 0.5) is 5.82 Å². The monoisotopic (exact) mass is 396 g/mol. The Morgan fingerprint density at radius 1 is 1.14 bits per heavy atom. The first-order valence-corrected chi connectivity index (χ1v) is 10.8. The minimum Gasteiger partial charge on any atom is -0.481 e. The standard InChI is InChI=1S/C23H32N4O2/c1-17-25-15-20(16-26-17)19(14-22(28)29)9-4-2-3-5-10-21-12-11-18-8-6-7-13-24-23(18)27-21/h11-12,15-16,19H,2-10,13-14H2,1H3,(H,24,27)(H,28,29). The molecule has 0 saturated carbocycles. The Hall–Kier alpha value is -2.50. The Morgan fingerprint density at radius 3 is 2.72 bits per heavy atom. The number of pyridine rings is 1. The number of unbranched alkanes of at least 4 members (excludes halogenated alkanes) is 3. The van der Waals surface area contributed by atoms with E-state index in [0.29, 0.717) is 5.82 Å². The molecule has 156 valence electrons. The average molecular weight is 397 g/mol. The number of rotatable bonds is 10. The molecule has 3 rings (SSSR count). The summed E-state index contributed by atoms with van der Waals surface area (Å²) in [4.78, 5) is 24.5. The van der Waals surface area contributed by atoms with Crippen LogP contribution in [0, 0.1) is 6.92 Å². The van der Waals surface area contributed by atoms with Crippen LogP contribution in [0.25, 0.3) is 0 Å². The van der Waals surface area contributed by atoms with Crippen LogP contribution in [0.3, 0.4) is 0 Å². The number of anilines is 1. The summed E-state index contributed by atoms with van der Waals surface area (Å²) in [6.07, 6.45) is 13.5. The van der Waals surface area contributed by atoms with Gasteiger partial charge in [-0.1, -0.05) is 25.3 Å². The number of hydrogen-bond acceptors (Lipinski definition) is 5. The van der Waals surface area contributed by atoms with Gasteiger partial charge in [-0.2, -0.15) is 0 Å². The Morgan fingerprint density at radius 2 is 1.93 bits per heavy atom. The SMILES string of the molecule is Cc1ncc(C(CCCCCCc2ccc3c(n2)NCCCC3)CC(=O)O)cn1. The third kappa shape index (κ3) is 6.80. The maximum absolute atomic E-state index is 11.2. The van der Waals surface area contributed by atoms with Crippen LogP contribution >= 0.6 is 0 Å². The molecule has 0 spiro atoms. The first kappa shape index (κ1) is 21.2. The molecule has 0 aromatic carbocycles. The average Bonchev–Trinajstić information content (AvgIpc) is 2.95. The van der Waals surface area contributed by atoms with Gasteiger partial charge in [-0.15, -0.1) is 0 Å². The second kappa shape index (κ2) is 10.9. The quantitative estimate of drug-likeness (QED) is 0.567. The van der Waals surface area contributed by atoms with Gasteiger partial charge in [-0.3, -0.25) is 4.79 Å². The van der Waals surface area contributed by atoms with Crippen molar-refractivity contribution >= 4 is 11.8 Å². The highest BCUT2D eigenvalue weighted by Crippen LogP contribution is 2.26. The van der Waals surface area contributed by atoms with Gasteiger partial charge >= 0.3 is 5.97 Å². The van der Waals surface area contributed by atoms with Gasteiger partial charge in [-0.05, 0) is 68.6 Å². The van der Waals surface area contributed by atoms with Crippen molar-refractivity contribution in [3.63, 3.8) is 0 Å². The molecule has 1 aliphatic rings. The van der Waals surface area contributed by atoms with Crippen LogP contribution < -0.4 is 5.32 Å². The van der Waals surface area contributed by atoms with E-state index in [9.17, 15) is 9.90 Å². The molecule has 2 N–H and O–H groups in total. The normalized spacial score (nSPS) is 14.5. The number of fused-ring (bicyclic) bond motifs is 1. The van der Waals surface area contributed by atoms with Gasteiger partial charge in [0.25, 0.3) is 0 Å². The first-order valence-electron chi connectivity index (χ1n) is 10.8. The summed E-state index contributed by atoms with van der Waals surface area (Å²) in [6.45, 7) is 2.86.